The maximum Gasteiger partial charge on any atom is 0.234 e. The second-order valence-electron chi connectivity index (χ2n) is 5.30. The van der Waals surface area contributed by atoms with Crippen LogP contribution in [0.4, 0.5) is 0 Å². The zero-order chi connectivity index (χ0) is 13.4. The Labute approximate surface area is 105 Å². The van der Waals surface area contributed by atoms with Crippen LogP contribution in [-0.4, -0.2) is 62.0 Å². The monoisotopic (exact) mass is 244 g/mol. The zero-order valence-corrected chi connectivity index (χ0v) is 11.6. The first-order valence-electron chi connectivity index (χ1n) is 6.25. The van der Waals surface area contributed by atoms with Crippen molar-refractivity contribution in [1.82, 2.24) is 9.80 Å². The average Bonchev–Trinajstić information content (AvgIpc) is 2.20. The summed E-state index contributed by atoms with van der Waals surface area (Å²) in [7, 11) is 4.12. The van der Waals surface area contributed by atoms with Crippen molar-refractivity contribution in [2.75, 3.05) is 40.3 Å². The maximum absolute atomic E-state index is 10.9. The van der Waals surface area contributed by atoms with Crippen LogP contribution in [0.3, 0.4) is 0 Å². The fourth-order valence-corrected chi connectivity index (χ4v) is 1.62. The largest absolute Gasteiger partial charge is 0.368 e. The SMILES string of the molecule is CC(C)CN(CCC(N)C(N)=O)CCN(C)C. The molecule has 1 atom stereocenters. The molecule has 1 amide bonds. The molecule has 0 heterocycles. The molecule has 0 fully saturated rings. The van der Waals surface area contributed by atoms with Crippen molar-refractivity contribution in [3.8, 4) is 0 Å². The Morgan fingerprint density at radius 1 is 1.18 bits per heavy atom. The van der Waals surface area contributed by atoms with Gasteiger partial charge in [0.25, 0.3) is 0 Å². The molecule has 0 radical (unpaired) electrons. The maximum atomic E-state index is 10.9. The van der Waals surface area contributed by atoms with Gasteiger partial charge in [-0.1, -0.05) is 13.8 Å². The third kappa shape index (κ3) is 9.09. The molecule has 0 aromatic carbocycles. The van der Waals surface area contributed by atoms with Crippen LogP contribution in [-0.2, 0) is 4.79 Å². The van der Waals surface area contributed by atoms with Crippen molar-refractivity contribution in [3.63, 3.8) is 0 Å². The van der Waals surface area contributed by atoms with Gasteiger partial charge in [-0.15, -0.1) is 0 Å². The van der Waals surface area contributed by atoms with Crippen LogP contribution in [0.5, 0.6) is 0 Å². The van der Waals surface area contributed by atoms with Gasteiger partial charge in [0.1, 0.15) is 0 Å². The van der Waals surface area contributed by atoms with Crippen LogP contribution >= 0.6 is 0 Å². The number of carbonyl (C=O) groups excluding carboxylic acids is 1. The van der Waals surface area contributed by atoms with Gasteiger partial charge in [-0.05, 0) is 26.4 Å². The molecule has 0 saturated heterocycles. The summed E-state index contributed by atoms with van der Waals surface area (Å²) in [6.45, 7) is 8.25. The molecular weight excluding hydrogens is 216 g/mol. The number of likely N-dealkylation sites (N-methyl/N-ethyl adjacent to an activating group) is 1. The van der Waals surface area contributed by atoms with Crippen LogP contribution in [0.25, 0.3) is 0 Å². The molecule has 5 heteroatoms. The van der Waals surface area contributed by atoms with Gasteiger partial charge in [0.2, 0.25) is 5.91 Å². The normalized spacial score (nSPS) is 13.6. The molecule has 0 aliphatic heterocycles. The lowest BCUT2D eigenvalue weighted by atomic mass is 10.1. The van der Waals surface area contributed by atoms with E-state index in [0.717, 1.165) is 26.2 Å². The van der Waals surface area contributed by atoms with Gasteiger partial charge < -0.3 is 21.3 Å². The molecule has 0 aromatic heterocycles. The van der Waals surface area contributed by atoms with Crippen LogP contribution in [0, 0.1) is 5.92 Å². The molecular formula is C12H28N4O. The fourth-order valence-electron chi connectivity index (χ4n) is 1.62. The lowest BCUT2D eigenvalue weighted by Gasteiger charge is -2.26. The number of rotatable bonds is 9. The Hall–Kier alpha value is -0.650. The van der Waals surface area contributed by atoms with Crippen molar-refractivity contribution >= 4 is 5.91 Å². The van der Waals surface area contributed by atoms with Crippen LogP contribution in [0.1, 0.15) is 20.3 Å². The Morgan fingerprint density at radius 2 is 1.76 bits per heavy atom. The second kappa shape index (κ2) is 8.44. The molecule has 0 bridgehead atoms. The van der Waals surface area contributed by atoms with E-state index in [1.54, 1.807) is 0 Å². The van der Waals surface area contributed by atoms with Gasteiger partial charge in [-0.2, -0.15) is 0 Å². The highest BCUT2D eigenvalue weighted by molar-refractivity contribution is 5.79. The van der Waals surface area contributed by atoms with Crippen molar-refractivity contribution in [1.29, 1.82) is 0 Å². The highest BCUT2D eigenvalue weighted by atomic mass is 16.1. The Balaban J connectivity index is 4.05. The Bertz CT molecular complexity index is 219. The van der Waals surface area contributed by atoms with Gasteiger partial charge in [-0.3, -0.25) is 4.79 Å². The molecule has 102 valence electrons. The van der Waals surface area contributed by atoms with E-state index in [4.69, 9.17) is 11.5 Å². The van der Waals surface area contributed by atoms with E-state index in [2.05, 4.69) is 37.7 Å². The summed E-state index contributed by atoms with van der Waals surface area (Å²) in [6, 6.07) is -0.524. The third-order valence-corrected chi connectivity index (χ3v) is 2.61. The summed E-state index contributed by atoms with van der Waals surface area (Å²) in [5.74, 6) is 0.198. The predicted molar refractivity (Wildman–Crippen MR) is 71.6 cm³/mol. The van der Waals surface area contributed by atoms with E-state index in [1.165, 1.54) is 0 Å². The number of nitrogens with two attached hydrogens (primary N) is 2. The first-order chi connectivity index (χ1) is 7.82. The molecule has 0 saturated carbocycles. The number of amides is 1. The van der Waals surface area contributed by atoms with E-state index in [0.29, 0.717) is 12.3 Å². The van der Waals surface area contributed by atoms with Crippen molar-refractivity contribution in [3.05, 3.63) is 0 Å². The number of hydrogen-bond donors (Lipinski definition) is 2. The minimum atomic E-state index is -0.524. The average molecular weight is 244 g/mol. The Kier molecular flexibility index (Phi) is 8.12. The van der Waals surface area contributed by atoms with E-state index >= 15 is 0 Å². The standard InChI is InChI=1S/C12H28N4O/c1-10(2)9-16(8-7-15(3)4)6-5-11(13)12(14)17/h10-11H,5-9,13H2,1-4H3,(H2,14,17). The first-order valence-corrected chi connectivity index (χ1v) is 6.25. The van der Waals surface area contributed by atoms with Crippen molar-refractivity contribution in [2.24, 2.45) is 17.4 Å². The molecule has 4 N–H and O–H groups in total. The summed E-state index contributed by atoms with van der Waals surface area (Å²) < 4.78 is 0. The number of carbonyl (C=O) groups is 1. The Morgan fingerprint density at radius 3 is 2.18 bits per heavy atom. The van der Waals surface area contributed by atoms with Crippen LogP contribution < -0.4 is 11.5 Å². The molecule has 0 spiro atoms. The highest BCUT2D eigenvalue weighted by Gasteiger charge is 2.13. The smallest absolute Gasteiger partial charge is 0.234 e. The second-order valence-corrected chi connectivity index (χ2v) is 5.30. The third-order valence-electron chi connectivity index (χ3n) is 2.61. The zero-order valence-electron chi connectivity index (χ0n) is 11.6. The van der Waals surface area contributed by atoms with E-state index < -0.39 is 11.9 Å². The van der Waals surface area contributed by atoms with E-state index in [-0.39, 0.29) is 0 Å². The van der Waals surface area contributed by atoms with Crippen LogP contribution in [0.15, 0.2) is 0 Å². The molecule has 0 aromatic rings. The van der Waals surface area contributed by atoms with Gasteiger partial charge in [0.05, 0.1) is 6.04 Å². The molecule has 1 unspecified atom stereocenters. The quantitative estimate of drug-likeness (QED) is 0.584. The predicted octanol–water partition coefficient (Wildman–Crippen LogP) is -0.291. The van der Waals surface area contributed by atoms with Gasteiger partial charge in [0, 0.05) is 26.2 Å². The number of hydrogen-bond acceptors (Lipinski definition) is 4. The molecule has 5 nitrogen and oxygen atoms in total. The first kappa shape index (κ1) is 16.4. The summed E-state index contributed by atoms with van der Waals surface area (Å²) in [5.41, 5.74) is 10.8. The van der Waals surface area contributed by atoms with Crippen molar-refractivity contribution in [2.45, 2.75) is 26.3 Å². The van der Waals surface area contributed by atoms with Crippen molar-refractivity contribution < 1.29 is 4.79 Å². The molecule has 0 aliphatic carbocycles. The number of primary amides is 1. The van der Waals surface area contributed by atoms with Gasteiger partial charge in [-0.25, -0.2) is 0 Å². The lowest BCUT2D eigenvalue weighted by Crippen LogP contribution is -2.41. The van der Waals surface area contributed by atoms with Gasteiger partial charge in [0.15, 0.2) is 0 Å². The molecule has 0 aliphatic rings. The number of nitrogens with zero attached hydrogens (tertiary/aromatic N) is 2. The van der Waals surface area contributed by atoms with E-state index in [1.807, 2.05) is 0 Å². The lowest BCUT2D eigenvalue weighted by molar-refractivity contribution is -0.119. The molecule has 17 heavy (non-hydrogen) atoms. The fraction of sp³-hybridized carbons (Fsp3) is 0.917. The highest BCUT2D eigenvalue weighted by Crippen LogP contribution is 2.01. The summed E-state index contributed by atoms with van der Waals surface area (Å²) >= 11 is 0. The summed E-state index contributed by atoms with van der Waals surface area (Å²) in [5, 5.41) is 0. The summed E-state index contributed by atoms with van der Waals surface area (Å²) in [4.78, 5) is 15.4. The minimum absolute atomic E-state index is 0.415. The van der Waals surface area contributed by atoms with Gasteiger partial charge >= 0.3 is 0 Å². The summed E-state index contributed by atoms with van der Waals surface area (Å²) in [6.07, 6.45) is 0.634. The molecule has 0 rings (SSSR count). The topological polar surface area (TPSA) is 75.6 Å². The van der Waals surface area contributed by atoms with E-state index in [9.17, 15) is 4.79 Å². The van der Waals surface area contributed by atoms with Crippen LogP contribution in [0.2, 0.25) is 0 Å². The minimum Gasteiger partial charge on any atom is -0.368 e.